The van der Waals surface area contributed by atoms with Crippen molar-refractivity contribution in [2.45, 2.75) is 152 Å². The van der Waals surface area contributed by atoms with Crippen LogP contribution in [0.15, 0.2) is 48.5 Å². The molecule has 7 amide bonds. The number of aromatic hydroxyl groups is 1. The number of amides is 7. The summed E-state index contributed by atoms with van der Waals surface area (Å²) in [6.45, 7) is -0.677. The summed E-state index contributed by atoms with van der Waals surface area (Å²) < 4.78 is 0.401. The van der Waals surface area contributed by atoms with Crippen molar-refractivity contribution in [2.75, 3.05) is 85.1 Å². The number of carboxylic acid groups (broad SMARTS) is 8. The highest BCUT2D eigenvalue weighted by atomic mass is 127. The summed E-state index contributed by atoms with van der Waals surface area (Å²) in [7, 11) is 0. The number of rotatable bonds is 45. The van der Waals surface area contributed by atoms with Crippen molar-refractivity contribution >= 4 is 106 Å². The zero-order valence-electron chi connectivity index (χ0n) is 54.4. The summed E-state index contributed by atoms with van der Waals surface area (Å²) in [4.78, 5) is 181. The Labute approximate surface area is 579 Å². The molecule has 0 bridgehead atoms. The summed E-state index contributed by atoms with van der Waals surface area (Å²) in [6, 6.07) is 3.22. The highest BCUT2D eigenvalue weighted by Crippen LogP contribution is 2.22. The Morgan fingerprint density at radius 3 is 1.27 bits per heavy atom. The molecule has 1 fully saturated rings. The highest BCUT2D eigenvalue weighted by Gasteiger charge is 2.33. The Kier molecular flexibility index (Phi) is 38.9. The lowest BCUT2D eigenvalue weighted by Crippen LogP contribution is -2.57. The van der Waals surface area contributed by atoms with E-state index in [4.69, 9.17) is 5.11 Å². The number of carbonyl (C=O) groups is 14. The van der Waals surface area contributed by atoms with Crippen molar-refractivity contribution in [1.29, 1.82) is 0 Å². The van der Waals surface area contributed by atoms with Gasteiger partial charge in [-0.3, -0.25) is 67.5 Å². The van der Waals surface area contributed by atoms with E-state index in [0.717, 1.165) is 0 Å². The molecule has 1 aliphatic rings. The van der Waals surface area contributed by atoms with Crippen molar-refractivity contribution in [3.8, 4) is 5.75 Å². The van der Waals surface area contributed by atoms with Crippen LogP contribution < -0.4 is 37.2 Å². The maximum Gasteiger partial charge on any atom is 0.326 e. The zero-order valence-corrected chi connectivity index (χ0v) is 56.6. The Balaban J connectivity index is 1.58. The van der Waals surface area contributed by atoms with Gasteiger partial charge in [-0.15, -0.1) is 0 Å². The number of hydrogen-bond acceptors (Lipinski definition) is 19. The molecule has 3 rings (SSSR count). The predicted molar refractivity (Wildman–Crippen MR) is 355 cm³/mol. The van der Waals surface area contributed by atoms with Crippen LogP contribution in [0.3, 0.4) is 0 Å². The van der Waals surface area contributed by atoms with E-state index in [1.165, 1.54) is 26.8 Å². The van der Waals surface area contributed by atoms with Gasteiger partial charge in [-0.05, 0) is 110 Å². The molecule has 6 atom stereocenters. The van der Waals surface area contributed by atoms with Crippen molar-refractivity contribution < 1.29 is 113 Å². The lowest BCUT2D eigenvalue weighted by atomic mass is 10.0. The fourth-order valence-electron chi connectivity index (χ4n) is 10.5. The van der Waals surface area contributed by atoms with E-state index < -0.39 is 147 Å². The summed E-state index contributed by atoms with van der Waals surface area (Å²) >= 11 is 1.87. The second-order valence-electron chi connectivity index (χ2n) is 23.6. The number of hydrogen-bond donors (Lipinski definition) is 16. The van der Waals surface area contributed by atoms with E-state index in [-0.39, 0.29) is 141 Å². The molecule has 0 aliphatic carbocycles. The molecule has 16 N–H and O–H groups in total. The van der Waals surface area contributed by atoms with E-state index >= 15 is 0 Å². The molecule has 0 saturated carbocycles. The van der Waals surface area contributed by atoms with E-state index in [0.29, 0.717) is 53.2 Å². The normalized spacial score (nSPS) is 15.3. The second kappa shape index (κ2) is 45.6. The lowest BCUT2D eigenvalue weighted by Gasteiger charge is -2.35. The van der Waals surface area contributed by atoms with Gasteiger partial charge in [0, 0.05) is 104 Å². The molecule has 0 radical (unpaired) electrons. The third-order valence-corrected chi connectivity index (χ3v) is 16.7. The number of nitrogens with one attached hydrogen (secondary N) is 7. The molecule has 98 heavy (non-hydrogen) atoms. The lowest BCUT2D eigenvalue weighted by molar-refractivity contribution is -0.145. The van der Waals surface area contributed by atoms with Crippen LogP contribution in [0.2, 0.25) is 0 Å². The number of halogens is 1. The molecular formula is C63H92IN11O23. The number of carbonyl (C=O) groups excluding carboxylic acids is 6. The third kappa shape index (κ3) is 35.4. The van der Waals surface area contributed by atoms with Crippen molar-refractivity contribution in [1.82, 2.24) is 56.8 Å². The minimum Gasteiger partial charge on any atom is -0.507 e. The average molecular weight is 1500 g/mol. The Morgan fingerprint density at radius 1 is 0.398 bits per heavy atom. The number of urea groups is 1. The molecule has 2 aromatic rings. The summed E-state index contributed by atoms with van der Waals surface area (Å²) in [5.74, 6) is -13.5. The monoisotopic (exact) mass is 1500 g/mol. The first kappa shape index (κ1) is 83.4. The van der Waals surface area contributed by atoms with Gasteiger partial charge >= 0.3 is 53.8 Å². The van der Waals surface area contributed by atoms with E-state index in [1.54, 1.807) is 41.3 Å². The highest BCUT2D eigenvalue weighted by molar-refractivity contribution is 14.1. The Hall–Kier alpha value is -8.81. The van der Waals surface area contributed by atoms with Gasteiger partial charge in [0.05, 0.1) is 23.2 Å². The Bertz CT molecular complexity index is 2970. The standard InChI is InChI=1S/C63H92IN11O23/c64-42-34-41(18-21-49(42)76)36-46(67-52(79)22-20-48(62(96)97)75-32-30-73(38-55(84)85)28-26-72(37-54(82)83)27-29-74(31-33-75)39-56(86)87)57(88)69-47(35-40-12-4-3-5-13-40)58(89)68-43(59(90)91)14-8-10-24-65-50(77)16-6-1-2-7-17-51(78)66-25-11-9-15-44(60(92)93)70-63(98)71-45(61(94)95)19-23-53(80)81/h3-5,12-13,18,21,34,43-48,76H,1-2,6-11,14-17,19-20,22-33,35-39H2,(H,65,77)(H,66,78)(H,67,79)(H,68,89)(H,69,88)(H,80,81)(H,82,83)(H,84,85)(H,86,87)(H,90,91)(H,92,93)(H,94,95)(H,96,97)(H2,70,71,98)/t43-,44?,45+,46?,47-,48?/m1/s1. The molecule has 1 heterocycles. The fraction of sp³-hybridized carbons (Fsp3) is 0.587. The molecule has 544 valence electrons. The van der Waals surface area contributed by atoms with Crippen LogP contribution in [0.5, 0.6) is 5.75 Å². The first-order valence-electron chi connectivity index (χ1n) is 32.2. The van der Waals surface area contributed by atoms with Crippen molar-refractivity contribution in [3.63, 3.8) is 0 Å². The maximum atomic E-state index is 14.5. The molecular weight excluding hydrogens is 1410 g/mol. The number of nitrogens with zero attached hydrogens (tertiary/aromatic N) is 4. The summed E-state index contributed by atoms with van der Waals surface area (Å²) in [6.07, 6.45) is 1.73. The molecule has 34 nitrogen and oxygen atoms in total. The van der Waals surface area contributed by atoms with Gasteiger partial charge in [-0.1, -0.05) is 49.2 Å². The molecule has 1 saturated heterocycles. The molecule has 2 aromatic carbocycles. The summed E-state index contributed by atoms with van der Waals surface area (Å²) in [5.41, 5.74) is 1.03. The van der Waals surface area contributed by atoms with Crippen LogP contribution in [0, 0.1) is 3.57 Å². The van der Waals surface area contributed by atoms with Gasteiger partial charge in [-0.25, -0.2) is 19.2 Å². The van der Waals surface area contributed by atoms with Gasteiger partial charge in [0.2, 0.25) is 29.5 Å². The zero-order chi connectivity index (χ0) is 72.7. The number of phenols is 1. The summed E-state index contributed by atoms with van der Waals surface area (Å²) in [5, 5.41) is 105. The van der Waals surface area contributed by atoms with Gasteiger partial charge in [0.1, 0.15) is 42.0 Å². The van der Waals surface area contributed by atoms with Crippen LogP contribution in [-0.4, -0.2) is 270 Å². The average Bonchev–Trinajstić information content (AvgIpc) is 0.861. The predicted octanol–water partition coefficient (Wildman–Crippen LogP) is 0.0138. The van der Waals surface area contributed by atoms with Crippen LogP contribution in [0.1, 0.15) is 114 Å². The van der Waals surface area contributed by atoms with Crippen molar-refractivity contribution in [2.24, 2.45) is 0 Å². The fourth-order valence-corrected chi connectivity index (χ4v) is 11.1. The third-order valence-electron chi connectivity index (χ3n) is 15.8. The van der Waals surface area contributed by atoms with Gasteiger partial charge in [0.25, 0.3) is 0 Å². The van der Waals surface area contributed by atoms with Crippen LogP contribution in [-0.2, 0) is 75.2 Å². The first-order chi connectivity index (χ1) is 46.5. The van der Waals surface area contributed by atoms with Gasteiger partial charge in [-0.2, -0.15) is 0 Å². The van der Waals surface area contributed by atoms with E-state index in [9.17, 15) is 108 Å². The largest absolute Gasteiger partial charge is 0.507 e. The quantitative estimate of drug-likeness (QED) is 0.0307. The molecule has 0 aromatic heterocycles. The minimum atomic E-state index is -1.54. The SMILES string of the molecule is O=C(O)CC[C@H](NC(=O)NC(CCCCNC(=O)CCCCCCC(=O)NCCCC[C@@H](NC(=O)[C@@H](Cc1ccccc1)NC(=O)C(Cc1ccc(O)c(I)c1)NC(=O)CCC(C(=O)O)N1CCN(CC(=O)O)CCN(CC(=O)O)CCN(CC(=O)O)CC1)C(=O)O)C(=O)O)C(=O)O. The second-order valence-corrected chi connectivity index (χ2v) is 24.8. The topological polar surface area (TPSA) is 518 Å². The number of phenolic OH excluding ortho intramolecular Hbond substituents is 1. The number of aliphatic carboxylic acids is 8. The number of unbranched alkanes of at least 4 members (excludes halogenated alkanes) is 5. The first-order valence-corrected chi connectivity index (χ1v) is 33.3. The molecule has 3 unspecified atom stereocenters. The van der Waals surface area contributed by atoms with Crippen LogP contribution in [0.4, 0.5) is 4.79 Å². The maximum absolute atomic E-state index is 14.5. The van der Waals surface area contributed by atoms with Crippen molar-refractivity contribution in [3.05, 3.63) is 63.2 Å². The molecule has 0 spiro atoms. The van der Waals surface area contributed by atoms with E-state index in [1.807, 2.05) is 22.6 Å². The van der Waals surface area contributed by atoms with E-state index in [2.05, 4.69) is 37.2 Å². The molecule has 1 aliphatic heterocycles. The van der Waals surface area contributed by atoms with Gasteiger partial charge < -0.3 is 83.2 Å². The molecule has 35 heteroatoms. The number of benzene rings is 2. The van der Waals surface area contributed by atoms with Gasteiger partial charge in [0.15, 0.2) is 0 Å². The van der Waals surface area contributed by atoms with Crippen LogP contribution in [0.25, 0.3) is 0 Å². The number of carboxylic acids is 8. The smallest absolute Gasteiger partial charge is 0.326 e. The van der Waals surface area contributed by atoms with Crippen LogP contribution >= 0.6 is 22.6 Å². The minimum absolute atomic E-state index is 0.00521. The Morgan fingerprint density at radius 2 is 0.827 bits per heavy atom.